The highest BCUT2D eigenvalue weighted by atomic mass is 15.2. The minimum Gasteiger partial charge on any atom is -0.308 e. The van der Waals surface area contributed by atoms with Gasteiger partial charge < -0.3 is 4.90 Å². The van der Waals surface area contributed by atoms with E-state index >= 15 is 0 Å². The van der Waals surface area contributed by atoms with Crippen LogP contribution in [0.1, 0.15) is 119 Å². The molecule has 66 heavy (non-hydrogen) atoms. The topological polar surface area (TPSA) is 3.24 Å². The van der Waals surface area contributed by atoms with Crippen molar-refractivity contribution in [2.45, 2.75) is 68.6 Å². The molecule has 0 amide bonds. The van der Waals surface area contributed by atoms with Gasteiger partial charge in [0.25, 0.3) is 0 Å². The largest absolute Gasteiger partial charge is 0.308 e. The van der Waals surface area contributed by atoms with Gasteiger partial charge in [-0.2, -0.15) is 0 Å². The van der Waals surface area contributed by atoms with E-state index in [0.29, 0.717) is 0 Å². The van der Waals surface area contributed by atoms with Crippen molar-refractivity contribution in [2.24, 2.45) is 0 Å². The van der Waals surface area contributed by atoms with Gasteiger partial charge in [-0.25, -0.2) is 0 Å². The van der Waals surface area contributed by atoms with Crippen LogP contribution in [0.25, 0.3) is 0 Å². The summed E-state index contributed by atoms with van der Waals surface area (Å²) in [4.78, 5) is 2.76. The molecule has 0 unspecified atom stereocenters. The average Bonchev–Trinajstić information content (AvgIpc) is 3.35. The maximum Gasteiger partial charge on any atom is 0.0742 e. The molecule has 0 atom stereocenters. The summed E-state index contributed by atoms with van der Waals surface area (Å²) in [6, 6.07) is 86.1. The quantitative estimate of drug-likeness (QED) is 0.161. The summed E-state index contributed by atoms with van der Waals surface area (Å²) in [5, 5.41) is 0. The van der Waals surface area contributed by atoms with Crippen LogP contribution in [0.2, 0.25) is 0 Å². The van der Waals surface area contributed by atoms with Gasteiger partial charge >= 0.3 is 0 Å². The highest BCUT2D eigenvalue weighted by Crippen LogP contribution is 2.72. The molecule has 0 saturated carbocycles. The van der Waals surface area contributed by atoms with E-state index in [-0.39, 0.29) is 10.8 Å². The summed E-state index contributed by atoms with van der Waals surface area (Å²) in [6.45, 7) is 14.3. The van der Waals surface area contributed by atoms with Gasteiger partial charge in [0, 0.05) is 0 Å². The monoisotopic (exact) mass is 849 g/mol. The van der Waals surface area contributed by atoms with Gasteiger partial charge in [-0.15, -0.1) is 0 Å². The number of anilines is 3. The first-order valence-electron chi connectivity index (χ1n) is 23.7. The van der Waals surface area contributed by atoms with Crippen molar-refractivity contribution in [3.8, 4) is 0 Å². The maximum atomic E-state index is 2.76. The third kappa shape index (κ3) is 5.29. The van der Waals surface area contributed by atoms with Crippen LogP contribution < -0.4 is 4.90 Å². The van der Waals surface area contributed by atoms with Crippen molar-refractivity contribution in [1.29, 1.82) is 0 Å². The van der Waals surface area contributed by atoms with Crippen LogP contribution >= 0.6 is 0 Å². The van der Waals surface area contributed by atoms with E-state index in [1.54, 1.807) is 0 Å². The molecule has 9 aromatic rings. The number of hydrogen-bond donors (Lipinski definition) is 0. The molecular weight excluding hydrogens is 795 g/mol. The van der Waals surface area contributed by atoms with Gasteiger partial charge in [-0.3, -0.25) is 0 Å². The lowest BCUT2D eigenvalue weighted by Gasteiger charge is -2.59. The standard InChI is InChI=1S/C65H55N/c1-61(2,3)50-40-54-59-56(42-50)65(48-34-21-11-22-35-48,49-36-23-12-24-37-49)57-43-51(62(4,5)6)41-55-60(57)66(59)58-52(63(54,44-26-13-7-14-27-44)45-28-15-8-16-29-45)38-25-39-53(58)64(55,46-30-17-9-18-31-46)47-32-19-10-20-33-47/h7-43H,1-6H3. The molecule has 0 saturated heterocycles. The van der Waals surface area contributed by atoms with Crippen molar-refractivity contribution in [1.82, 2.24) is 0 Å². The third-order valence-corrected chi connectivity index (χ3v) is 15.3. The number of hydrogen-bond acceptors (Lipinski definition) is 1. The summed E-state index contributed by atoms with van der Waals surface area (Å²) in [5.41, 5.74) is 19.4. The normalized spacial score (nSPS) is 15.8. The Bertz CT molecular complexity index is 2980. The van der Waals surface area contributed by atoms with Crippen LogP contribution in [0.15, 0.2) is 224 Å². The summed E-state index contributed by atoms with van der Waals surface area (Å²) < 4.78 is 0. The molecule has 0 aliphatic carbocycles. The highest BCUT2D eigenvalue weighted by Gasteiger charge is 2.60. The Hall–Kier alpha value is -7.22. The van der Waals surface area contributed by atoms with Gasteiger partial charge in [0.15, 0.2) is 0 Å². The Morgan fingerprint density at radius 2 is 0.470 bits per heavy atom. The van der Waals surface area contributed by atoms with Crippen LogP contribution in [0, 0.1) is 0 Å². The molecule has 9 aromatic carbocycles. The molecule has 0 fully saturated rings. The van der Waals surface area contributed by atoms with E-state index < -0.39 is 16.2 Å². The summed E-state index contributed by atoms with van der Waals surface area (Å²) >= 11 is 0. The first-order chi connectivity index (χ1) is 32.0. The molecule has 0 N–H and O–H groups in total. The zero-order chi connectivity index (χ0) is 45.1. The van der Waals surface area contributed by atoms with E-state index in [4.69, 9.17) is 0 Å². The van der Waals surface area contributed by atoms with Crippen LogP contribution in [-0.4, -0.2) is 0 Å². The predicted octanol–water partition coefficient (Wildman–Crippen LogP) is 15.8. The van der Waals surface area contributed by atoms with E-state index in [9.17, 15) is 0 Å². The van der Waals surface area contributed by atoms with Gasteiger partial charge in [0.2, 0.25) is 0 Å². The maximum absolute atomic E-state index is 2.76. The second-order valence-corrected chi connectivity index (χ2v) is 20.8. The number of benzene rings is 9. The summed E-state index contributed by atoms with van der Waals surface area (Å²) in [6.07, 6.45) is 0. The van der Waals surface area contributed by atoms with Crippen molar-refractivity contribution >= 4 is 17.1 Å². The molecule has 3 aliphatic rings. The first kappa shape index (κ1) is 40.3. The molecule has 3 aliphatic heterocycles. The van der Waals surface area contributed by atoms with Crippen molar-refractivity contribution in [2.75, 3.05) is 4.90 Å². The Kier molecular flexibility index (Phi) is 8.79. The Morgan fingerprint density at radius 3 is 0.697 bits per heavy atom. The fourth-order valence-electron chi connectivity index (χ4n) is 12.4. The van der Waals surface area contributed by atoms with Crippen molar-refractivity contribution in [3.63, 3.8) is 0 Å². The predicted molar refractivity (Wildman–Crippen MR) is 274 cm³/mol. The highest BCUT2D eigenvalue weighted by molar-refractivity contribution is 6.03. The van der Waals surface area contributed by atoms with E-state index in [2.05, 4.69) is 271 Å². The van der Waals surface area contributed by atoms with Gasteiger partial charge in [-0.05, 0) is 88.7 Å². The van der Waals surface area contributed by atoms with E-state index in [1.165, 1.54) is 95.0 Å². The Morgan fingerprint density at radius 1 is 0.258 bits per heavy atom. The fraction of sp³-hybridized carbons (Fsp3) is 0.169. The van der Waals surface area contributed by atoms with Gasteiger partial charge in [-0.1, -0.05) is 266 Å². The molecule has 320 valence electrons. The minimum atomic E-state index is -0.724. The summed E-state index contributed by atoms with van der Waals surface area (Å²) in [5.74, 6) is 0. The summed E-state index contributed by atoms with van der Waals surface area (Å²) in [7, 11) is 0. The smallest absolute Gasteiger partial charge is 0.0742 e. The zero-order valence-corrected chi connectivity index (χ0v) is 38.8. The van der Waals surface area contributed by atoms with Crippen molar-refractivity contribution in [3.05, 3.63) is 302 Å². The molecular formula is C65H55N. The average molecular weight is 850 g/mol. The lowest BCUT2D eigenvalue weighted by Crippen LogP contribution is -2.49. The first-order valence-corrected chi connectivity index (χ1v) is 23.7. The SMILES string of the molecule is CC(C)(C)c1cc2c3c(c1)C(c1ccccc1)(c1ccccc1)c1cc(C(C)(C)C)cc4c1N3c1c(cccc1C4(c1ccccc1)c1ccccc1)C2(c1ccccc1)c1ccccc1. The third-order valence-electron chi connectivity index (χ3n) is 15.3. The van der Waals surface area contributed by atoms with Crippen LogP contribution in [0.3, 0.4) is 0 Å². The molecule has 0 radical (unpaired) electrons. The zero-order valence-electron chi connectivity index (χ0n) is 38.8. The molecule has 12 rings (SSSR count). The van der Waals surface area contributed by atoms with Gasteiger partial charge in [0.05, 0.1) is 33.3 Å². The lowest BCUT2D eigenvalue weighted by atomic mass is 9.52. The molecule has 0 bridgehead atoms. The molecule has 0 aromatic heterocycles. The number of nitrogens with zero attached hydrogens (tertiary/aromatic N) is 1. The van der Waals surface area contributed by atoms with Crippen LogP contribution in [-0.2, 0) is 27.1 Å². The second-order valence-electron chi connectivity index (χ2n) is 20.8. The van der Waals surface area contributed by atoms with Crippen molar-refractivity contribution < 1.29 is 0 Å². The second kappa shape index (κ2) is 14.4. The fourth-order valence-corrected chi connectivity index (χ4v) is 12.4. The minimum absolute atomic E-state index is 0.178. The Labute approximate surface area is 391 Å². The number of para-hydroxylation sites is 1. The van der Waals surface area contributed by atoms with E-state index in [0.717, 1.165) is 0 Å². The molecule has 1 heteroatoms. The number of rotatable bonds is 6. The Balaban J connectivity index is 1.44. The van der Waals surface area contributed by atoms with Crippen LogP contribution in [0.4, 0.5) is 17.1 Å². The van der Waals surface area contributed by atoms with Crippen LogP contribution in [0.5, 0.6) is 0 Å². The molecule has 1 nitrogen and oxygen atoms in total. The van der Waals surface area contributed by atoms with Gasteiger partial charge in [0.1, 0.15) is 0 Å². The lowest BCUT2D eigenvalue weighted by molar-refractivity contribution is 0.574. The molecule has 0 spiro atoms. The molecule has 3 heterocycles. The van der Waals surface area contributed by atoms with E-state index in [1.807, 2.05) is 0 Å².